The normalized spacial score (nSPS) is 12.4. The Morgan fingerprint density at radius 3 is 2.84 bits per heavy atom. The van der Waals surface area contributed by atoms with Crippen LogP contribution in [0.25, 0.3) is 0 Å². The Bertz CT molecular complexity index is 540. The summed E-state index contributed by atoms with van der Waals surface area (Å²) in [6.07, 6.45) is 3.48. The molecule has 2 rings (SSSR count). The van der Waals surface area contributed by atoms with Crippen molar-refractivity contribution in [3.8, 4) is 0 Å². The number of furan rings is 1. The minimum Gasteiger partial charge on any atom is -0.467 e. The maximum Gasteiger partial charge on any atom is 0.137 e. The summed E-state index contributed by atoms with van der Waals surface area (Å²) in [5, 5.41) is 3.83. The Morgan fingerprint density at radius 2 is 2.21 bits per heavy atom. The Kier molecular flexibility index (Phi) is 4.43. The van der Waals surface area contributed by atoms with Gasteiger partial charge in [0.2, 0.25) is 0 Å². The molecule has 5 heteroatoms. The summed E-state index contributed by atoms with van der Waals surface area (Å²) in [7, 11) is 0. The van der Waals surface area contributed by atoms with E-state index in [1.807, 2.05) is 26.0 Å². The van der Waals surface area contributed by atoms with Gasteiger partial charge in [0.1, 0.15) is 22.6 Å². The van der Waals surface area contributed by atoms with Crippen molar-refractivity contribution >= 4 is 17.4 Å². The number of nitrogens with zero attached hydrogens (tertiary/aromatic N) is 2. The summed E-state index contributed by atoms with van der Waals surface area (Å²) < 4.78 is 5.38. The van der Waals surface area contributed by atoms with Crippen molar-refractivity contribution in [2.45, 2.75) is 39.7 Å². The number of anilines is 1. The summed E-state index contributed by atoms with van der Waals surface area (Å²) in [5.74, 6) is 2.41. The molecule has 0 saturated carbocycles. The summed E-state index contributed by atoms with van der Waals surface area (Å²) in [6, 6.07) is 3.84. The predicted octanol–water partition coefficient (Wildman–Crippen LogP) is 4.16. The van der Waals surface area contributed by atoms with E-state index in [-0.39, 0.29) is 6.04 Å². The van der Waals surface area contributed by atoms with Gasteiger partial charge in [-0.1, -0.05) is 18.5 Å². The van der Waals surface area contributed by atoms with Crippen molar-refractivity contribution in [3.05, 3.63) is 40.7 Å². The molecule has 19 heavy (non-hydrogen) atoms. The molecule has 0 aliphatic rings. The smallest absolute Gasteiger partial charge is 0.137 e. The first-order chi connectivity index (χ1) is 9.11. The summed E-state index contributed by atoms with van der Waals surface area (Å²) in [4.78, 5) is 8.81. The molecule has 0 saturated heterocycles. The molecule has 1 unspecified atom stereocenters. The molecular weight excluding hydrogens is 262 g/mol. The first-order valence-corrected chi connectivity index (χ1v) is 6.82. The highest BCUT2D eigenvalue weighted by Gasteiger charge is 2.13. The van der Waals surface area contributed by atoms with Crippen molar-refractivity contribution in [2.24, 2.45) is 0 Å². The second-order valence-electron chi connectivity index (χ2n) is 4.54. The maximum absolute atomic E-state index is 6.15. The summed E-state index contributed by atoms with van der Waals surface area (Å²) in [6.45, 7) is 6.03. The van der Waals surface area contributed by atoms with E-state index in [9.17, 15) is 0 Å². The molecule has 4 nitrogen and oxygen atoms in total. The van der Waals surface area contributed by atoms with Crippen LogP contribution < -0.4 is 5.32 Å². The summed E-state index contributed by atoms with van der Waals surface area (Å²) >= 11 is 6.15. The second-order valence-corrected chi connectivity index (χ2v) is 4.89. The third kappa shape index (κ3) is 3.26. The zero-order chi connectivity index (χ0) is 13.8. The van der Waals surface area contributed by atoms with Gasteiger partial charge < -0.3 is 9.73 Å². The first-order valence-electron chi connectivity index (χ1n) is 6.44. The SMILES string of the molecule is CCCc1nc(Cl)c(C)c(NC(C)c2ccco2)n1. The zero-order valence-corrected chi connectivity index (χ0v) is 12.2. The van der Waals surface area contributed by atoms with Gasteiger partial charge in [-0.2, -0.15) is 0 Å². The minimum atomic E-state index is 0.0362. The van der Waals surface area contributed by atoms with Crippen LogP contribution in [0.1, 0.15) is 43.5 Å². The van der Waals surface area contributed by atoms with E-state index in [0.29, 0.717) is 5.15 Å². The largest absolute Gasteiger partial charge is 0.467 e. The van der Waals surface area contributed by atoms with Crippen molar-refractivity contribution in [1.29, 1.82) is 0 Å². The van der Waals surface area contributed by atoms with E-state index >= 15 is 0 Å². The van der Waals surface area contributed by atoms with Gasteiger partial charge in [-0.15, -0.1) is 0 Å². The molecule has 0 amide bonds. The number of aryl methyl sites for hydroxylation is 1. The second kappa shape index (κ2) is 6.06. The third-order valence-corrected chi connectivity index (χ3v) is 3.30. The van der Waals surface area contributed by atoms with Gasteiger partial charge >= 0.3 is 0 Å². The molecule has 0 aromatic carbocycles. The number of hydrogen-bond acceptors (Lipinski definition) is 4. The monoisotopic (exact) mass is 279 g/mol. The van der Waals surface area contributed by atoms with Crippen LogP contribution in [-0.2, 0) is 6.42 Å². The fraction of sp³-hybridized carbons (Fsp3) is 0.429. The molecule has 0 fully saturated rings. The lowest BCUT2D eigenvalue weighted by atomic mass is 10.2. The Labute approximate surface area is 118 Å². The van der Waals surface area contributed by atoms with Gasteiger partial charge in [0, 0.05) is 12.0 Å². The van der Waals surface area contributed by atoms with Crippen LogP contribution in [0.2, 0.25) is 5.15 Å². The molecule has 2 aromatic rings. The highest BCUT2D eigenvalue weighted by molar-refractivity contribution is 6.30. The minimum absolute atomic E-state index is 0.0362. The fourth-order valence-electron chi connectivity index (χ4n) is 1.82. The molecule has 0 spiro atoms. The van der Waals surface area contributed by atoms with Gasteiger partial charge in [-0.25, -0.2) is 9.97 Å². The first kappa shape index (κ1) is 13.9. The number of aromatic nitrogens is 2. The Morgan fingerprint density at radius 1 is 1.42 bits per heavy atom. The van der Waals surface area contributed by atoms with E-state index < -0.39 is 0 Å². The molecule has 2 aromatic heterocycles. The van der Waals surface area contributed by atoms with Crippen LogP contribution in [0.3, 0.4) is 0 Å². The lowest BCUT2D eigenvalue weighted by Gasteiger charge is -2.15. The number of halogens is 1. The van der Waals surface area contributed by atoms with Gasteiger partial charge in [-0.3, -0.25) is 0 Å². The molecule has 2 heterocycles. The van der Waals surface area contributed by atoms with E-state index in [2.05, 4.69) is 22.2 Å². The van der Waals surface area contributed by atoms with Crippen molar-refractivity contribution in [3.63, 3.8) is 0 Å². The lowest BCUT2D eigenvalue weighted by molar-refractivity contribution is 0.490. The number of nitrogens with one attached hydrogen (secondary N) is 1. The average molecular weight is 280 g/mol. The molecular formula is C14H18ClN3O. The highest BCUT2D eigenvalue weighted by atomic mass is 35.5. The van der Waals surface area contributed by atoms with E-state index in [0.717, 1.165) is 35.8 Å². The van der Waals surface area contributed by atoms with Crippen LogP contribution >= 0.6 is 11.6 Å². The molecule has 1 atom stereocenters. The number of hydrogen-bond donors (Lipinski definition) is 1. The van der Waals surface area contributed by atoms with Crippen molar-refractivity contribution in [1.82, 2.24) is 9.97 Å². The maximum atomic E-state index is 6.15. The Hall–Kier alpha value is -1.55. The van der Waals surface area contributed by atoms with Crippen LogP contribution in [0.15, 0.2) is 22.8 Å². The van der Waals surface area contributed by atoms with Crippen LogP contribution in [-0.4, -0.2) is 9.97 Å². The van der Waals surface area contributed by atoms with Crippen molar-refractivity contribution in [2.75, 3.05) is 5.32 Å². The van der Waals surface area contributed by atoms with Crippen LogP contribution in [0, 0.1) is 6.92 Å². The van der Waals surface area contributed by atoms with E-state index in [1.54, 1.807) is 6.26 Å². The quantitative estimate of drug-likeness (QED) is 0.835. The molecule has 0 aliphatic heterocycles. The van der Waals surface area contributed by atoms with Crippen LogP contribution in [0.5, 0.6) is 0 Å². The lowest BCUT2D eigenvalue weighted by Crippen LogP contribution is -2.11. The molecule has 1 N–H and O–H groups in total. The molecule has 0 bridgehead atoms. The van der Waals surface area contributed by atoms with Gasteiger partial charge in [0.25, 0.3) is 0 Å². The standard InChI is InChI=1S/C14H18ClN3O/c1-4-6-12-17-13(15)9(2)14(18-12)16-10(3)11-7-5-8-19-11/h5,7-8,10H,4,6H2,1-3H3,(H,16,17,18). The molecule has 0 aliphatic carbocycles. The fourth-order valence-corrected chi connectivity index (χ4v) is 2.01. The van der Waals surface area contributed by atoms with Crippen molar-refractivity contribution < 1.29 is 4.42 Å². The van der Waals surface area contributed by atoms with Gasteiger partial charge in [-0.05, 0) is 32.4 Å². The Balaban J connectivity index is 2.23. The van der Waals surface area contributed by atoms with E-state index in [4.69, 9.17) is 16.0 Å². The number of rotatable bonds is 5. The molecule has 0 radical (unpaired) electrons. The van der Waals surface area contributed by atoms with Gasteiger partial charge in [0.05, 0.1) is 12.3 Å². The average Bonchev–Trinajstić information content (AvgIpc) is 2.89. The topological polar surface area (TPSA) is 51.0 Å². The molecule has 102 valence electrons. The van der Waals surface area contributed by atoms with Gasteiger partial charge in [0.15, 0.2) is 0 Å². The highest BCUT2D eigenvalue weighted by Crippen LogP contribution is 2.24. The summed E-state index contributed by atoms with van der Waals surface area (Å²) in [5.41, 5.74) is 0.861. The third-order valence-electron chi connectivity index (χ3n) is 2.93. The van der Waals surface area contributed by atoms with Crippen LogP contribution in [0.4, 0.5) is 5.82 Å². The zero-order valence-electron chi connectivity index (χ0n) is 11.4. The predicted molar refractivity (Wildman–Crippen MR) is 76.5 cm³/mol. The van der Waals surface area contributed by atoms with E-state index in [1.165, 1.54) is 0 Å².